The van der Waals surface area contributed by atoms with Crippen LogP contribution in [0.15, 0.2) is 30.5 Å². The van der Waals surface area contributed by atoms with Crippen molar-refractivity contribution in [2.75, 3.05) is 18.4 Å². The summed E-state index contributed by atoms with van der Waals surface area (Å²) in [6.45, 7) is 1.55. The van der Waals surface area contributed by atoms with Crippen LogP contribution >= 0.6 is 22.6 Å². The van der Waals surface area contributed by atoms with E-state index in [1.807, 2.05) is 22.6 Å². The molecule has 0 bridgehead atoms. The first-order valence-corrected chi connectivity index (χ1v) is 7.85. The van der Waals surface area contributed by atoms with Crippen LogP contribution in [0, 0.1) is 9.39 Å². The Hall–Kier alpha value is -1.74. The Morgan fingerprint density at radius 2 is 2.18 bits per heavy atom. The summed E-state index contributed by atoms with van der Waals surface area (Å²) in [4.78, 5) is 16.0. The number of benzene rings is 1. The molecule has 1 aromatic heterocycles. The van der Waals surface area contributed by atoms with Crippen LogP contribution in [0.1, 0.15) is 22.0 Å². The first-order valence-electron chi connectivity index (χ1n) is 6.77. The Kier molecular flexibility index (Phi) is 4.25. The van der Waals surface area contributed by atoms with Crippen molar-refractivity contribution in [3.05, 3.63) is 51.1 Å². The van der Waals surface area contributed by atoms with Crippen LogP contribution in [-0.2, 0) is 0 Å². The molecule has 114 valence electrons. The minimum atomic E-state index is -0.565. The molecule has 1 aromatic carbocycles. The predicted molar refractivity (Wildman–Crippen MR) is 90.8 cm³/mol. The molecule has 5 nitrogen and oxygen atoms in total. The maximum atomic E-state index is 14.1. The topological polar surface area (TPSA) is 80.0 Å². The van der Waals surface area contributed by atoms with E-state index in [1.165, 1.54) is 6.07 Å². The van der Waals surface area contributed by atoms with Crippen molar-refractivity contribution in [3.8, 4) is 0 Å². The molecular weight excluding hydrogens is 398 g/mol. The van der Waals surface area contributed by atoms with Gasteiger partial charge in [0.15, 0.2) is 0 Å². The number of primary amides is 1. The molecule has 7 heteroatoms. The number of pyridine rings is 1. The van der Waals surface area contributed by atoms with Gasteiger partial charge in [0.05, 0.1) is 22.6 Å². The fourth-order valence-corrected chi connectivity index (χ4v) is 2.78. The highest BCUT2D eigenvalue weighted by molar-refractivity contribution is 14.1. The first-order chi connectivity index (χ1) is 10.6. The Morgan fingerprint density at radius 3 is 2.77 bits per heavy atom. The number of rotatable bonds is 4. The highest BCUT2D eigenvalue weighted by Crippen LogP contribution is 2.32. The molecule has 0 atom stereocenters. The van der Waals surface area contributed by atoms with E-state index in [9.17, 15) is 9.18 Å². The molecule has 2 heterocycles. The van der Waals surface area contributed by atoms with E-state index in [2.05, 4.69) is 15.6 Å². The Bertz CT molecular complexity index is 733. The molecule has 0 unspecified atom stereocenters. The molecular formula is C15H14FIN4O. The lowest BCUT2D eigenvalue weighted by Gasteiger charge is -2.29. The van der Waals surface area contributed by atoms with Gasteiger partial charge in [-0.25, -0.2) is 4.39 Å². The number of aromatic nitrogens is 1. The second kappa shape index (κ2) is 6.17. The Morgan fingerprint density at radius 1 is 1.41 bits per heavy atom. The minimum absolute atomic E-state index is 0.189. The molecule has 1 aliphatic heterocycles. The number of carbonyl (C=O) groups excluding carboxylic acids is 1. The van der Waals surface area contributed by atoms with Crippen molar-refractivity contribution in [3.63, 3.8) is 0 Å². The van der Waals surface area contributed by atoms with Gasteiger partial charge < -0.3 is 16.4 Å². The SMILES string of the molecule is NC(=O)c1ccnc(C2CNC2)c1Nc1ccc(I)cc1F. The molecule has 1 aliphatic rings. The van der Waals surface area contributed by atoms with Gasteiger partial charge in [-0.15, -0.1) is 0 Å². The fraction of sp³-hybridized carbons (Fsp3) is 0.200. The summed E-state index contributed by atoms with van der Waals surface area (Å²) < 4.78 is 14.9. The fourth-order valence-electron chi connectivity index (χ4n) is 2.33. The van der Waals surface area contributed by atoms with Crippen molar-refractivity contribution in [1.29, 1.82) is 0 Å². The third kappa shape index (κ3) is 2.91. The maximum absolute atomic E-state index is 14.1. The number of anilines is 2. The van der Waals surface area contributed by atoms with Crippen molar-refractivity contribution < 1.29 is 9.18 Å². The summed E-state index contributed by atoms with van der Waals surface area (Å²) in [5.74, 6) is -0.762. The van der Waals surface area contributed by atoms with Crippen molar-refractivity contribution in [1.82, 2.24) is 10.3 Å². The van der Waals surface area contributed by atoms with Gasteiger partial charge in [0.25, 0.3) is 5.91 Å². The van der Waals surface area contributed by atoms with Gasteiger partial charge in [-0.3, -0.25) is 9.78 Å². The molecule has 1 saturated heterocycles. The number of nitrogens with one attached hydrogen (secondary N) is 2. The smallest absolute Gasteiger partial charge is 0.250 e. The zero-order valence-electron chi connectivity index (χ0n) is 11.6. The van der Waals surface area contributed by atoms with Gasteiger partial charge in [0.1, 0.15) is 5.82 Å². The monoisotopic (exact) mass is 412 g/mol. The van der Waals surface area contributed by atoms with E-state index in [1.54, 1.807) is 24.4 Å². The van der Waals surface area contributed by atoms with Crippen LogP contribution in [0.3, 0.4) is 0 Å². The number of carbonyl (C=O) groups is 1. The van der Waals surface area contributed by atoms with Crippen molar-refractivity contribution in [2.24, 2.45) is 5.73 Å². The summed E-state index contributed by atoms with van der Waals surface area (Å²) in [5, 5.41) is 6.16. The molecule has 0 saturated carbocycles. The molecule has 4 N–H and O–H groups in total. The van der Waals surface area contributed by atoms with Crippen LogP contribution < -0.4 is 16.4 Å². The van der Waals surface area contributed by atoms with Crippen LogP contribution in [-0.4, -0.2) is 24.0 Å². The number of amides is 1. The van der Waals surface area contributed by atoms with Crippen LogP contribution in [0.2, 0.25) is 0 Å². The Labute approximate surface area is 140 Å². The van der Waals surface area contributed by atoms with Crippen LogP contribution in [0.4, 0.5) is 15.8 Å². The highest BCUT2D eigenvalue weighted by Gasteiger charge is 2.26. The second-order valence-electron chi connectivity index (χ2n) is 5.09. The highest BCUT2D eigenvalue weighted by atomic mass is 127. The van der Waals surface area contributed by atoms with E-state index in [4.69, 9.17) is 5.73 Å². The molecule has 1 fully saturated rings. The van der Waals surface area contributed by atoms with E-state index in [-0.39, 0.29) is 11.7 Å². The second-order valence-corrected chi connectivity index (χ2v) is 6.33. The summed E-state index contributed by atoms with van der Waals surface area (Å²) >= 11 is 2.04. The molecule has 1 amide bonds. The summed E-state index contributed by atoms with van der Waals surface area (Å²) in [6.07, 6.45) is 1.56. The average Bonchev–Trinajstić information content (AvgIpc) is 2.41. The summed E-state index contributed by atoms with van der Waals surface area (Å²) in [7, 11) is 0. The number of nitrogens with zero attached hydrogens (tertiary/aromatic N) is 1. The van der Waals surface area contributed by atoms with Gasteiger partial charge in [-0.05, 0) is 46.9 Å². The largest absolute Gasteiger partial charge is 0.366 e. The molecule has 3 rings (SSSR count). The quantitative estimate of drug-likeness (QED) is 0.674. The zero-order chi connectivity index (χ0) is 15.7. The Balaban J connectivity index is 2.05. The lowest BCUT2D eigenvalue weighted by molar-refractivity contribution is 0.100. The standard InChI is InChI=1S/C15H14FIN4O/c16-11-5-9(17)1-2-12(11)21-14-10(15(18)22)3-4-20-13(14)8-6-19-7-8/h1-5,8,19,21H,6-7H2,(H2,18,22). The van der Waals surface area contributed by atoms with E-state index in [0.717, 1.165) is 22.4 Å². The summed E-state index contributed by atoms with van der Waals surface area (Å²) in [5.41, 5.74) is 7.27. The third-order valence-corrected chi connectivity index (χ3v) is 4.28. The van der Waals surface area contributed by atoms with Crippen molar-refractivity contribution >= 4 is 39.9 Å². The zero-order valence-corrected chi connectivity index (χ0v) is 13.7. The first kappa shape index (κ1) is 15.2. The van der Waals surface area contributed by atoms with Crippen LogP contribution in [0.25, 0.3) is 0 Å². The number of hydrogen-bond donors (Lipinski definition) is 3. The van der Waals surface area contributed by atoms with Crippen molar-refractivity contribution in [2.45, 2.75) is 5.92 Å². The molecule has 0 radical (unpaired) electrons. The number of hydrogen-bond acceptors (Lipinski definition) is 4. The van der Waals surface area contributed by atoms with E-state index >= 15 is 0 Å². The molecule has 2 aromatic rings. The lowest BCUT2D eigenvalue weighted by atomic mass is 9.95. The van der Waals surface area contributed by atoms with Gasteiger partial charge in [0, 0.05) is 28.8 Å². The van der Waals surface area contributed by atoms with E-state index in [0.29, 0.717) is 16.9 Å². The van der Waals surface area contributed by atoms with Gasteiger partial charge >= 0.3 is 0 Å². The summed E-state index contributed by atoms with van der Waals surface area (Å²) in [6, 6.07) is 6.40. The van der Waals surface area contributed by atoms with E-state index < -0.39 is 5.91 Å². The average molecular weight is 412 g/mol. The molecule has 0 spiro atoms. The molecule has 22 heavy (non-hydrogen) atoms. The van der Waals surface area contributed by atoms with Gasteiger partial charge in [0.2, 0.25) is 0 Å². The van der Waals surface area contributed by atoms with Crippen LogP contribution in [0.5, 0.6) is 0 Å². The number of halogens is 2. The van der Waals surface area contributed by atoms with Gasteiger partial charge in [-0.1, -0.05) is 0 Å². The lowest BCUT2D eigenvalue weighted by Crippen LogP contribution is -2.40. The number of nitrogens with two attached hydrogens (primary N) is 1. The molecule has 0 aliphatic carbocycles. The third-order valence-electron chi connectivity index (χ3n) is 3.60. The predicted octanol–water partition coefficient (Wildman–Crippen LogP) is 2.35. The minimum Gasteiger partial charge on any atom is -0.366 e. The normalized spacial score (nSPS) is 14.5. The maximum Gasteiger partial charge on any atom is 0.250 e. The van der Waals surface area contributed by atoms with Gasteiger partial charge in [-0.2, -0.15) is 0 Å².